The van der Waals surface area contributed by atoms with Gasteiger partial charge in [-0.2, -0.15) is 5.10 Å². The molecule has 0 spiro atoms. The number of aromatic nitrogens is 2. The quantitative estimate of drug-likeness (QED) is 0.730. The van der Waals surface area contributed by atoms with Gasteiger partial charge in [-0.3, -0.25) is 14.3 Å². The van der Waals surface area contributed by atoms with Crippen LogP contribution in [0, 0.1) is 20.8 Å². The van der Waals surface area contributed by atoms with E-state index in [1.807, 2.05) is 40.0 Å². The zero-order chi connectivity index (χ0) is 18.8. The molecule has 3 rings (SSSR count). The lowest BCUT2D eigenvalue weighted by Gasteiger charge is -2.10. The molecule has 1 aromatic heterocycles. The normalized spacial score (nSPS) is 10.6. The second kappa shape index (κ2) is 6.96. The van der Waals surface area contributed by atoms with Crippen molar-refractivity contribution < 1.29 is 9.59 Å². The number of rotatable bonds is 4. The van der Waals surface area contributed by atoms with Gasteiger partial charge in [-0.15, -0.1) is 0 Å². The maximum atomic E-state index is 12.9. The standard InChI is InChI=1S/C21H21N3O2/c1-13-9-11-16(12-10-13)20(25)17-7-5-6-8-18(17)21(26)22-19-14(2)23-24(4)15(19)3/h5-12H,1-4H3,(H,22,26). The third kappa shape index (κ3) is 3.28. The van der Waals surface area contributed by atoms with Crippen molar-refractivity contribution in [1.29, 1.82) is 0 Å². The average Bonchev–Trinajstić information content (AvgIpc) is 2.88. The van der Waals surface area contributed by atoms with Crippen LogP contribution in [0.4, 0.5) is 5.69 Å². The van der Waals surface area contributed by atoms with Crippen molar-refractivity contribution >= 4 is 17.4 Å². The Bertz CT molecular complexity index is 985. The van der Waals surface area contributed by atoms with Crippen LogP contribution in [0.15, 0.2) is 48.5 Å². The second-order valence-corrected chi connectivity index (χ2v) is 6.36. The number of anilines is 1. The molecule has 0 saturated heterocycles. The number of hydrogen-bond acceptors (Lipinski definition) is 3. The van der Waals surface area contributed by atoms with Crippen molar-refractivity contribution in [2.24, 2.45) is 7.05 Å². The van der Waals surface area contributed by atoms with Gasteiger partial charge in [-0.1, -0.05) is 48.0 Å². The van der Waals surface area contributed by atoms with Crippen molar-refractivity contribution in [3.63, 3.8) is 0 Å². The largest absolute Gasteiger partial charge is 0.319 e. The smallest absolute Gasteiger partial charge is 0.256 e. The summed E-state index contributed by atoms with van der Waals surface area (Å²) < 4.78 is 1.72. The molecule has 3 aromatic rings. The SMILES string of the molecule is Cc1ccc(C(=O)c2ccccc2C(=O)Nc2c(C)nn(C)c2C)cc1. The van der Waals surface area contributed by atoms with E-state index < -0.39 is 0 Å². The first-order chi connectivity index (χ1) is 12.4. The van der Waals surface area contributed by atoms with Crippen LogP contribution in [-0.2, 0) is 7.05 Å². The van der Waals surface area contributed by atoms with E-state index in [4.69, 9.17) is 0 Å². The Morgan fingerprint density at radius 3 is 2.12 bits per heavy atom. The highest BCUT2D eigenvalue weighted by atomic mass is 16.2. The Balaban J connectivity index is 1.95. The van der Waals surface area contributed by atoms with E-state index in [9.17, 15) is 9.59 Å². The molecule has 0 atom stereocenters. The minimum Gasteiger partial charge on any atom is -0.319 e. The number of aryl methyl sites for hydroxylation is 3. The van der Waals surface area contributed by atoms with Gasteiger partial charge in [0.1, 0.15) is 0 Å². The van der Waals surface area contributed by atoms with Crippen LogP contribution in [0.3, 0.4) is 0 Å². The number of nitrogens with zero attached hydrogens (tertiary/aromatic N) is 2. The highest BCUT2D eigenvalue weighted by Gasteiger charge is 2.20. The van der Waals surface area contributed by atoms with Crippen molar-refractivity contribution in [2.75, 3.05) is 5.32 Å². The molecule has 132 valence electrons. The summed E-state index contributed by atoms with van der Waals surface area (Å²) in [5.74, 6) is -0.490. The van der Waals surface area contributed by atoms with Crippen LogP contribution in [0.25, 0.3) is 0 Å². The Kier molecular flexibility index (Phi) is 4.71. The van der Waals surface area contributed by atoms with Gasteiger partial charge in [0.05, 0.1) is 22.6 Å². The van der Waals surface area contributed by atoms with Crippen LogP contribution in [0.1, 0.15) is 43.2 Å². The Hall–Kier alpha value is -3.21. The first kappa shape index (κ1) is 17.6. The van der Waals surface area contributed by atoms with Crippen molar-refractivity contribution in [3.8, 4) is 0 Å². The molecule has 2 aromatic carbocycles. The number of carbonyl (C=O) groups excluding carboxylic acids is 2. The lowest BCUT2D eigenvalue weighted by Crippen LogP contribution is -2.17. The van der Waals surface area contributed by atoms with E-state index in [1.165, 1.54) is 0 Å². The molecule has 1 heterocycles. The number of nitrogens with one attached hydrogen (secondary N) is 1. The number of ketones is 1. The molecule has 0 bridgehead atoms. The topological polar surface area (TPSA) is 64.0 Å². The first-order valence-corrected chi connectivity index (χ1v) is 8.40. The number of amides is 1. The summed E-state index contributed by atoms with van der Waals surface area (Å²) in [6, 6.07) is 14.2. The van der Waals surface area contributed by atoms with Gasteiger partial charge in [-0.25, -0.2) is 0 Å². The molecule has 0 saturated carbocycles. The Morgan fingerprint density at radius 1 is 0.923 bits per heavy atom. The summed E-state index contributed by atoms with van der Waals surface area (Å²) >= 11 is 0. The molecular weight excluding hydrogens is 326 g/mol. The molecule has 5 nitrogen and oxygen atoms in total. The predicted molar refractivity (Wildman–Crippen MR) is 102 cm³/mol. The molecule has 0 fully saturated rings. The predicted octanol–water partition coefficient (Wildman–Crippen LogP) is 3.83. The summed E-state index contributed by atoms with van der Waals surface area (Å²) in [6.45, 7) is 5.69. The van der Waals surface area contributed by atoms with Crippen LogP contribution >= 0.6 is 0 Å². The molecule has 0 unspecified atom stereocenters. The molecule has 1 N–H and O–H groups in total. The fourth-order valence-electron chi connectivity index (χ4n) is 2.87. The average molecular weight is 347 g/mol. The summed E-state index contributed by atoms with van der Waals surface area (Å²) in [6.07, 6.45) is 0. The maximum absolute atomic E-state index is 12.9. The molecule has 0 aliphatic heterocycles. The molecular formula is C21H21N3O2. The van der Waals surface area contributed by atoms with Gasteiger partial charge in [-0.05, 0) is 26.8 Å². The van der Waals surface area contributed by atoms with Crippen LogP contribution in [0.5, 0.6) is 0 Å². The monoisotopic (exact) mass is 347 g/mol. The van der Waals surface area contributed by atoms with Crippen LogP contribution in [-0.4, -0.2) is 21.5 Å². The van der Waals surface area contributed by atoms with Crippen molar-refractivity contribution in [2.45, 2.75) is 20.8 Å². The minimum absolute atomic E-state index is 0.171. The third-order valence-corrected chi connectivity index (χ3v) is 4.48. The highest BCUT2D eigenvalue weighted by molar-refractivity contribution is 6.17. The lowest BCUT2D eigenvalue weighted by atomic mass is 9.97. The van der Waals surface area contributed by atoms with Gasteiger partial charge in [0.2, 0.25) is 0 Å². The van der Waals surface area contributed by atoms with Gasteiger partial charge in [0.15, 0.2) is 5.78 Å². The number of carbonyl (C=O) groups is 2. The van der Waals surface area contributed by atoms with Crippen LogP contribution < -0.4 is 5.32 Å². The van der Waals surface area contributed by atoms with Gasteiger partial charge in [0.25, 0.3) is 5.91 Å². The zero-order valence-electron chi connectivity index (χ0n) is 15.3. The summed E-state index contributed by atoms with van der Waals surface area (Å²) in [4.78, 5) is 25.7. The molecule has 0 radical (unpaired) electrons. The highest BCUT2D eigenvalue weighted by Crippen LogP contribution is 2.21. The van der Waals surface area contributed by atoms with Crippen molar-refractivity contribution in [1.82, 2.24) is 9.78 Å². The number of benzene rings is 2. The zero-order valence-corrected chi connectivity index (χ0v) is 15.3. The molecule has 26 heavy (non-hydrogen) atoms. The van der Waals surface area contributed by atoms with E-state index in [0.717, 1.165) is 17.0 Å². The van der Waals surface area contributed by atoms with Crippen molar-refractivity contribution in [3.05, 3.63) is 82.2 Å². The summed E-state index contributed by atoms with van der Waals surface area (Å²) in [5, 5.41) is 7.20. The van der Waals surface area contributed by atoms with E-state index in [1.54, 1.807) is 41.1 Å². The van der Waals surface area contributed by atoms with E-state index >= 15 is 0 Å². The minimum atomic E-state index is -0.319. The fraction of sp³-hybridized carbons (Fsp3) is 0.190. The Labute approximate surface area is 152 Å². The number of hydrogen-bond donors (Lipinski definition) is 1. The molecule has 5 heteroatoms. The first-order valence-electron chi connectivity index (χ1n) is 8.40. The fourth-order valence-corrected chi connectivity index (χ4v) is 2.87. The van der Waals surface area contributed by atoms with E-state index in [2.05, 4.69) is 10.4 Å². The molecule has 0 aliphatic rings. The third-order valence-electron chi connectivity index (χ3n) is 4.48. The van der Waals surface area contributed by atoms with Crippen LogP contribution in [0.2, 0.25) is 0 Å². The summed E-state index contributed by atoms with van der Waals surface area (Å²) in [7, 11) is 1.83. The van der Waals surface area contributed by atoms with E-state index in [0.29, 0.717) is 22.4 Å². The maximum Gasteiger partial charge on any atom is 0.256 e. The molecule has 1 amide bonds. The molecule has 0 aliphatic carbocycles. The summed E-state index contributed by atoms with van der Waals surface area (Å²) in [5.41, 5.74) is 4.64. The Morgan fingerprint density at radius 2 is 1.54 bits per heavy atom. The van der Waals surface area contributed by atoms with Gasteiger partial charge in [0, 0.05) is 18.2 Å². The van der Waals surface area contributed by atoms with Gasteiger partial charge >= 0.3 is 0 Å². The van der Waals surface area contributed by atoms with Gasteiger partial charge < -0.3 is 5.32 Å². The lowest BCUT2D eigenvalue weighted by molar-refractivity contribution is 0.0996. The van der Waals surface area contributed by atoms with E-state index in [-0.39, 0.29) is 11.7 Å². The second-order valence-electron chi connectivity index (χ2n) is 6.36.